The van der Waals surface area contributed by atoms with Crippen molar-refractivity contribution in [2.75, 3.05) is 6.54 Å². The Morgan fingerprint density at radius 1 is 1.50 bits per heavy atom. The molecule has 0 aliphatic heterocycles. The van der Waals surface area contributed by atoms with Gasteiger partial charge in [-0.15, -0.1) is 0 Å². The molecule has 3 N–H and O–H groups in total. The van der Waals surface area contributed by atoms with Crippen molar-refractivity contribution in [1.82, 2.24) is 5.32 Å². The Balaban J connectivity index is 2.13. The fraction of sp³-hybridized carbons (Fsp3) is 0.636. The Morgan fingerprint density at radius 3 is 2.86 bits per heavy atom. The van der Waals surface area contributed by atoms with Gasteiger partial charge < -0.3 is 15.5 Å². The molecular weight excluding hydrogens is 176 g/mol. The second kappa shape index (κ2) is 5.83. The Hall–Kier alpha value is -0.800. The van der Waals surface area contributed by atoms with E-state index in [0.29, 0.717) is 6.04 Å². The first-order chi connectivity index (χ1) is 6.68. The number of furan rings is 1. The van der Waals surface area contributed by atoms with E-state index in [2.05, 4.69) is 12.2 Å². The van der Waals surface area contributed by atoms with Gasteiger partial charge in [-0.3, -0.25) is 0 Å². The molecule has 0 aliphatic carbocycles. The molecular formula is C11H20N2O. The highest BCUT2D eigenvalue weighted by atomic mass is 16.3. The molecule has 2 unspecified atom stereocenters. The van der Waals surface area contributed by atoms with Crippen molar-refractivity contribution in [3.63, 3.8) is 0 Å². The molecule has 14 heavy (non-hydrogen) atoms. The van der Waals surface area contributed by atoms with E-state index in [1.54, 1.807) is 6.26 Å². The van der Waals surface area contributed by atoms with E-state index in [1.165, 1.54) is 0 Å². The zero-order valence-corrected chi connectivity index (χ0v) is 8.99. The molecule has 0 bridgehead atoms. The molecule has 0 aliphatic rings. The second-order valence-corrected chi connectivity index (χ2v) is 3.90. The highest BCUT2D eigenvalue weighted by Gasteiger charge is 2.04. The van der Waals surface area contributed by atoms with Crippen molar-refractivity contribution in [3.05, 3.63) is 24.2 Å². The summed E-state index contributed by atoms with van der Waals surface area (Å²) in [5.41, 5.74) is 5.66. The molecule has 0 saturated carbocycles. The summed E-state index contributed by atoms with van der Waals surface area (Å²) in [6.07, 6.45) is 3.67. The molecule has 0 fully saturated rings. The standard InChI is InChI=1S/C11H20N2O/c1-9(12)5-6-13-10(2)8-11-4-3-7-14-11/h3-4,7,9-10,13H,5-6,8,12H2,1-2H3. The number of hydrogen-bond donors (Lipinski definition) is 2. The van der Waals surface area contributed by atoms with Crippen LogP contribution >= 0.6 is 0 Å². The lowest BCUT2D eigenvalue weighted by molar-refractivity contribution is 0.449. The van der Waals surface area contributed by atoms with Gasteiger partial charge in [0, 0.05) is 18.5 Å². The lowest BCUT2D eigenvalue weighted by Crippen LogP contribution is -2.31. The summed E-state index contributed by atoms with van der Waals surface area (Å²) in [6.45, 7) is 5.15. The van der Waals surface area contributed by atoms with E-state index in [-0.39, 0.29) is 6.04 Å². The summed E-state index contributed by atoms with van der Waals surface area (Å²) in [5.74, 6) is 1.03. The highest BCUT2D eigenvalue weighted by molar-refractivity contribution is 4.99. The van der Waals surface area contributed by atoms with Crippen LogP contribution in [0, 0.1) is 0 Å². The minimum atomic E-state index is 0.276. The third-order valence-corrected chi connectivity index (χ3v) is 2.18. The molecule has 0 amide bonds. The molecule has 1 aromatic rings. The van der Waals surface area contributed by atoms with Crippen molar-refractivity contribution in [3.8, 4) is 0 Å². The van der Waals surface area contributed by atoms with Crippen LogP contribution in [0.5, 0.6) is 0 Å². The average molecular weight is 196 g/mol. The van der Waals surface area contributed by atoms with Gasteiger partial charge in [-0.2, -0.15) is 0 Å². The van der Waals surface area contributed by atoms with E-state index in [4.69, 9.17) is 10.2 Å². The third kappa shape index (κ3) is 4.44. The predicted octanol–water partition coefficient (Wildman–Crippen LogP) is 1.54. The highest BCUT2D eigenvalue weighted by Crippen LogP contribution is 2.03. The summed E-state index contributed by atoms with van der Waals surface area (Å²) in [5, 5.41) is 3.41. The van der Waals surface area contributed by atoms with Crippen LogP contribution in [-0.4, -0.2) is 18.6 Å². The van der Waals surface area contributed by atoms with Crippen molar-refractivity contribution in [2.24, 2.45) is 5.73 Å². The molecule has 1 rings (SSSR count). The van der Waals surface area contributed by atoms with Crippen LogP contribution in [-0.2, 0) is 6.42 Å². The molecule has 0 spiro atoms. The maximum atomic E-state index is 5.66. The fourth-order valence-corrected chi connectivity index (χ4v) is 1.36. The van der Waals surface area contributed by atoms with Crippen LogP contribution in [0.25, 0.3) is 0 Å². The van der Waals surface area contributed by atoms with E-state index in [9.17, 15) is 0 Å². The molecule has 0 radical (unpaired) electrons. The maximum Gasteiger partial charge on any atom is 0.105 e. The summed E-state index contributed by atoms with van der Waals surface area (Å²) in [4.78, 5) is 0. The Labute approximate surface area is 85.7 Å². The van der Waals surface area contributed by atoms with Crippen LogP contribution in [0.3, 0.4) is 0 Å². The van der Waals surface area contributed by atoms with E-state index >= 15 is 0 Å². The van der Waals surface area contributed by atoms with Gasteiger partial charge in [0.25, 0.3) is 0 Å². The lowest BCUT2D eigenvalue weighted by atomic mass is 10.2. The first kappa shape index (κ1) is 11.3. The minimum Gasteiger partial charge on any atom is -0.469 e. The number of nitrogens with one attached hydrogen (secondary N) is 1. The maximum absolute atomic E-state index is 5.66. The lowest BCUT2D eigenvalue weighted by Gasteiger charge is -2.13. The van der Waals surface area contributed by atoms with Crippen molar-refractivity contribution >= 4 is 0 Å². The van der Waals surface area contributed by atoms with E-state index in [0.717, 1.165) is 25.1 Å². The minimum absolute atomic E-state index is 0.276. The zero-order valence-electron chi connectivity index (χ0n) is 8.99. The quantitative estimate of drug-likeness (QED) is 0.725. The summed E-state index contributed by atoms with van der Waals surface area (Å²) < 4.78 is 5.27. The summed E-state index contributed by atoms with van der Waals surface area (Å²) in [6, 6.07) is 4.64. The average Bonchev–Trinajstić information content (AvgIpc) is 2.56. The van der Waals surface area contributed by atoms with Crippen LogP contribution < -0.4 is 11.1 Å². The van der Waals surface area contributed by atoms with Gasteiger partial charge in [0.15, 0.2) is 0 Å². The molecule has 0 saturated heterocycles. The smallest absolute Gasteiger partial charge is 0.105 e. The molecule has 1 aromatic heterocycles. The van der Waals surface area contributed by atoms with Gasteiger partial charge in [-0.25, -0.2) is 0 Å². The number of rotatable bonds is 6. The van der Waals surface area contributed by atoms with Gasteiger partial charge in [0.05, 0.1) is 6.26 Å². The monoisotopic (exact) mass is 196 g/mol. The van der Waals surface area contributed by atoms with Crippen LogP contribution in [0.15, 0.2) is 22.8 Å². The van der Waals surface area contributed by atoms with Gasteiger partial charge >= 0.3 is 0 Å². The predicted molar refractivity (Wildman–Crippen MR) is 58.1 cm³/mol. The van der Waals surface area contributed by atoms with Crippen molar-refractivity contribution in [1.29, 1.82) is 0 Å². The van der Waals surface area contributed by atoms with Crippen molar-refractivity contribution < 1.29 is 4.42 Å². The first-order valence-corrected chi connectivity index (χ1v) is 5.20. The normalized spacial score (nSPS) is 15.4. The van der Waals surface area contributed by atoms with Crippen LogP contribution in [0.1, 0.15) is 26.0 Å². The largest absolute Gasteiger partial charge is 0.469 e. The molecule has 3 nitrogen and oxygen atoms in total. The molecule has 3 heteroatoms. The fourth-order valence-electron chi connectivity index (χ4n) is 1.36. The Morgan fingerprint density at radius 2 is 2.29 bits per heavy atom. The summed E-state index contributed by atoms with van der Waals surface area (Å²) in [7, 11) is 0. The summed E-state index contributed by atoms with van der Waals surface area (Å²) >= 11 is 0. The topological polar surface area (TPSA) is 51.2 Å². The molecule has 80 valence electrons. The Kier molecular flexibility index (Phi) is 4.70. The number of hydrogen-bond acceptors (Lipinski definition) is 3. The molecule has 2 atom stereocenters. The third-order valence-electron chi connectivity index (χ3n) is 2.18. The SMILES string of the molecule is CC(N)CCNC(C)Cc1ccco1. The van der Waals surface area contributed by atoms with Crippen LogP contribution in [0.4, 0.5) is 0 Å². The zero-order chi connectivity index (χ0) is 10.4. The molecule has 1 heterocycles. The first-order valence-electron chi connectivity index (χ1n) is 5.20. The number of nitrogens with two attached hydrogens (primary N) is 1. The Bertz CT molecular complexity index is 231. The van der Waals surface area contributed by atoms with Gasteiger partial charge in [0.2, 0.25) is 0 Å². The van der Waals surface area contributed by atoms with Gasteiger partial charge in [-0.1, -0.05) is 0 Å². The molecule has 0 aromatic carbocycles. The van der Waals surface area contributed by atoms with Crippen LogP contribution in [0.2, 0.25) is 0 Å². The second-order valence-electron chi connectivity index (χ2n) is 3.90. The van der Waals surface area contributed by atoms with Gasteiger partial charge in [-0.05, 0) is 38.9 Å². The van der Waals surface area contributed by atoms with E-state index < -0.39 is 0 Å². The van der Waals surface area contributed by atoms with E-state index in [1.807, 2.05) is 19.1 Å². The van der Waals surface area contributed by atoms with Crippen molar-refractivity contribution in [2.45, 2.75) is 38.8 Å². The van der Waals surface area contributed by atoms with Gasteiger partial charge in [0.1, 0.15) is 5.76 Å².